The van der Waals surface area contributed by atoms with Gasteiger partial charge in [0.2, 0.25) is 0 Å². The molecule has 0 unspecified atom stereocenters. The van der Waals surface area contributed by atoms with Gasteiger partial charge in [-0.1, -0.05) is 24.3 Å². The number of alkyl carbamates (subject to hydrolysis) is 2. The smallest absolute Gasteiger partial charge is 0.410 e. The minimum atomic E-state index is -0.961. The average molecular weight is 1050 g/mol. The van der Waals surface area contributed by atoms with Gasteiger partial charge in [-0.05, 0) is 184 Å². The SMILES string of the molecule is CC(C)(C)OC(=O)NCCCCN(CCCCN(CCCCNCc1cccc(CNCCCCN(CCCCN(CCCCNC(=O)OC(C)(C)C)C(=O)OC(C)(C)C)C(=O)O)c1)C(=O)O)C(=O)OC(C)(C)C. The van der Waals surface area contributed by atoms with Crippen molar-refractivity contribution in [3.63, 3.8) is 0 Å². The largest absolute Gasteiger partial charge is 0.465 e. The second-order valence-electron chi connectivity index (χ2n) is 22.7. The molecule has 1 aromatic carbocycles. The third kappa shape index (κ3) is 36.6. The first kappa shape index (κ1) is 66.8. The summed E-state index contributed by atoms with van der Waals surface area (Å²) in [5.41, 5.74) is -0.167. The predicted octanol–water partition coefficient (Wildman–Crippen LogP) is 10.0. The normalized spacial score (nSPS) is 11.8. The molecule has 6 amide bonds. The van der Waals surface area contributed by atoms with Crippen LogP contribution in [0.1, 0.15) is 171 Å². The summed E-state index contributed by atoms with van der Waals surface area (Å²) in [7, 11) is 0. The summed E-state index contributed by atoms with van der Waals surface area (Å²) < 4.78 is 21.8. The van der Waals surface area contributed by atoms with E-state index in [0.29, 0.717) is 143 Å². The molecule has 0 aromatic heterocycles. The molecule has 0 spiro atoms. The molecule has 426 valence electrons. The van der Waals surface area contributed by atoms with Crippen molar-refractivity contribution in [2.45, 2.75) is 196 Å². The minimum absolute atomic E-state index is 0.369. The molecule has 74 heavy (non-hydrogen) atoms. The van der Waals surface area contributed by atoms with Crippen LogP contribution in [0.5, 0.6) is 0 Å². The number of benzene rings is 1. The topological polar surface area (TPSA) is 241 Å². The van der Waals surface area contributed by atoms with Gasteiger partial charge in [-0.2, -0.15) is 0 Å². The van der Waals surface area contributed by atoms with Crippen molar-refractivity contribution in [1.29, 1.82) is 0 Å². The number of carboxylic acid groups (broad SMARTS) is 2. The second-order valence-corrected chi connectivity index (χ2v) is 22.7. The molecule has 0 heterocycles. The summed E-state index contributed by atoms with van der Waals surface area (Å²) in [5.74, 6) is 0. The van der Waals surface area contributed by atoms with Crippen LogP contribution in [0.25, 0.3) is 0 Å². The molecule has 0 aliphatic carbocycles. The van der Waals surface area contributed by atoms with Gasteiger partial charge in [0.1, 0.15) is 22.4 Å². The highest BCUT2D eigenvalue weighted by Crippen LogP contribution is 2.15. The van der Waals surface area contributed by atoms with Gasteiger partial charge in [-0.25, -0.2) is 28.8 Å². The van der Waals surface area contributed by atoms with E-state index in [0.717, 1.165) is 37.1 Å². The van der Waals surface area contributed by atoms with Gasteiger partial charge < -0.3 is 70.0 Å². The molecule has 0 atom stereocenters. The van der Waals surface area contributed by atoms with Crippen molar-refractivity contribution < 1.29 is 57.9 Å². The molecule has 0 aliphatic rings. The molecule has 1 rings (SSSR count). The standard InChI is InChI=1S/C54H98N8O12/c1-51(2,3)71-45(63)57-30-15-19-36-61(49(69)73-53(7,8)9)38-23-21-34-59(47(65)66)32-17-13-28-55-41-43-26-25-27-44(40-43)42-56-29-14-18-33-60(48(67)68)35-22-24-39-62(50(70)74-54(10,11)12)37-20-16-31-58-46(64)72-52(4,5)6/h25-27,40,55-56H,13-24,28-39,41-42H2,1-12H3,(H,57,63)(H,58,64)(H,65,66)(H,67,68). The summed E-state index contributed by atoms with van der Waals surface area (Å²) in [5, 5.41) is 32.1. The molecule has 0 radical (unpaired) electrons. The minimum Gasteiger partial charge on any atom is -0.465 e. The molecule has 6 N–H and O–H groups in total. The highest BCUT2D eigenvalue weighted by Gasteiger charge is 2.24. The van der Waals surface area contributed by atoms with Crippen LogP contribution in [0.15, 0.2) is 24.3 Å². The zero-order chi connectivity index (χ0) is 55.8. The maximum absolute atomic E-state index is 13.0. The lowest BCUT2D eigenvalue weighted by atomic mass is 10.1. The fourth-order valence-corrected chi connectivity index (χ4v) is 7.34. The quantitative estimate of drug-likeness (QED) is 0.0278. The number of carbonyl (C=O) groups excluding carboxylic acids is 4. The molecule has 0 saturated carbocycles. The number of ether oxygens (including phenoxy) is 4. The summed E-state index contributed by atoms with van der Waals surface area (Å²) in [6.45, 7) is 28.8. The van der Waals surface area contributed by atoms with Crippen LogP contribution >= 0.6 is 0 Å². The van der Waals surface area contributed by atoms with Crippen molar-refractivity contribution in [1.82, 2.24) is 40.9 Å². The number of nitrogens with one attached hydrogen (secondary N) is 4. The lowest BCUT2D eigenvalue weighted by molar-refractivity contribution is 0.0232. The van der Waals surface area contributed by atoms with Crippen LogP contribution < -0.4 is 21.3 Å². The van der Waals surface area contributed by atoms with Gasteiger partial charge in [0, 0.05) is 78.5 Å². The maximum Gasteiger partial charge on any atom is 0.410 e. The molecule has 20 heteroatoms. The van der Waals surface area contributed by atoms with E-state index in [2.05, 4.69) is 39.5 Å². The zero-order valence-corrected chi connectivity index (χ0v) is 47.5. The Morgan fingerprint density at radius 3 is 0.959 bits per heavy atom. The van der Waals surface area contributed by atoms with Crippen molar-refractivity contribution in [2.75, 3.05) is 78.5 Å². The molecular formula is C54H98N8O12. The highest BCUT2D eigenvalue weighted by atomic mass is 16.6. The van der Waals surface area contributed by atoms with Crippen LogP contribution in [0, 0.1) is 0 Å². The van der Waals surface area contributed by atoms with Gasteiger partial charge in [0.25, 0.3) is 0 Å². The number of hydrogen-bond donors (Lipinski definition) is 6. The Labute approximate surface area is 443 Å². The Morgan fingerprint density at radius 1 is 0.405 bits per heavy atom. The highest BCUT2D eigenvalue weighted by molar-refractivity contribution is 5.69. The molecule has 20 nitrogen and oxygen atoms in total. The monoisotopic (exact) mass is 1050 g/mol. The third-order valence-corrected chi connectivity index (χ3v) is 10.8. The maximum atomic E-state index is 13.0. The number of hydrogen-bond acceptors (Lipinski definition) is 12. The molecule has 0 aliphatic heterocycles. The number of unbranched alkanes of at least 4 members (excludes halogenated alkanes) is 6. The Morgan fingerprint density at radius 2 is 0.676 bits per heavy atom. The van der Waals surface area contributed by atoms with Crippen LogP contribution in [-0.2, 0) is 32.0 Å². The van der Waals surface area contributed by atoms with E-state index in [-0.39, 0.29) is 0 Å². The van der Waals surface area contributed by atoms with E-state index in [1.54, 1.807) is 51.3 Å². The second kappa shape index (κ2) is 35.1. The lowest BCUT2D eigenvalue weighted by Gasteiger charge is -2.28. The molecular weight excluding hydrogens is 953 g/mol. The van der Waals surface area contributed by atoms with E-state index >= 15 is 0 Å². The lowest BCUT2D eigenvalue weighted by Crippen LogP contribution is -2.39. The van der Waals surface area contributed by atoms with Gasteiger partial charge in [-0.3, -0.25) is 0 Å². The van der Waals surface area contributed by atoms with E-state index in [1.807, 2.05) is 47.6 Å². The molecule has 0 bridgehead atoms. The number of carbonyl (C=O) groups is 6. The molecule has 0 fully saturated rings. The Kier molecular flexibility index (Phi) is 31.7. The van der Waals surface area contributed by atoms with Gasteiger partial charge in [0.05, 0.1) is 0 Å². The van der Waals surface area contributed by atoms with Crippen LogP contribution in [0.3, 0.4) is 0 Å². The summed E-state index contributed by atoms with van der Waals surface area (Å²) in [4.78, 5) is 80.1. The number of amides is 6. The van der Waals surface area contributed by atoms with Crippen molar-refractivity contribution in [2.24, 2.45) is 0 Å². The van der Waals surface area contributed by atoms with Gasteiger partial charge >= 0.3 is 36.6 Å². The summed E-state index contributed by atoms with van der Waals surface area (Å²) in [6.07, 6.45) is 4.39. The van der Waals surface area contributed by atoms with Gasteiger partial charge in [0.15, 0.2) is 0 Å². The van der Waals surface area contributed by atoms with Crippen molar-refractivity contribution >= 4 is 36.6 Å². The first-order valence-electron chi connectivity index (χ1n) is 26.9. The van der Waals surface area contributed by atoms with Crippen LogP contribution in [-0.4, -0.2) is 167 Å². The average Bonchev–Trinajstić information content (AvgIpc) is 3.25. The Bertz CT molecular complexity index is 1670. The van der Waals surface area contributed by atoms with Crippen LogP contribution in [0.2, 0.25) is 0 Å². The third-order valence-electron chi connectivity index (χ3n) is 10.8. The van der Waals surface area contributed by atoms with Gasteiger partial charge in [-0.15, -0.1) is 0 Å². The predicted molar refractivity (Wildman–Crippen MR) is 289 cm³/mol. The summed E-state index contributed by atoms with van der Waals surface area (Å²) >= 11 is 0. The van der Waals surface area contributed by atoms with E-state index in [9.17, 15) is 39.0 Å². The number of nitrogens with zero attached hydrogens (tertiary/aromatic N) is 4. The Hall–Kier alpha value is -5.24. The van der Waals surface area contributed by atoms with Crippen molar-refractivity contribution in [3.05, 3.63) is 35.4 Å². The fourth-order valence-electron chi connectivity index (χ4n) is 7.34. The van der Waals surface area contributed by atoms with E-state index < -0.39 is 59.0 Å². The van der Waals surface area contributed by atoms with Crippen molar-refractivity contribution in [3.8, 4) is 0 Å². The first-order valence-corrected chi connectivity index (χ1v) is 26.9. The van der Waals surface area contributed by atoms with E-state index in [1.165, 1.54) is 9.80 Å². The first-order chi connectivity index (χ1) is 34.5. The van der Waals surface area contributed by atoms with E-state index in [4.69, 9.17) is 18.9 Å². The number of rotatable bonds is 34. The van der Waals surface area contributed by atoms with Crippen LogP contribution in [0.4, 0.5) is 28.8 Å². The Balaban J connectivity index is 2.41. The molecule has 0 saturated heterocycles. The summed E-state index contributed by atoms with van der Waals surface area (Å²) in [6, 6.07) is 8.32. The molecule has 1 aromatic rings. The zero-order valence-electron chi connectivity index (χ0n) is 47.5. The fraction of sp³-hybridized carbons (Fsp3) is 0.778.